The van der Waals surface area contributed by atoms with Crippen LogP contribution in [0, 0.1) is 0 Å². The molecule has 4 aromatic rings. The molecule has 0 saturated heterocycles. The number of hydrogen-bond acceptors (Lipinski definition) is 5. The van der Waals surface area contributed by atoms with E-state index < -0.39 is 30.2 Å². The maximum Gasteiger partial charge on any atom is 0.416 e. The van der Waals surface area contributed by atoms with Gasteiger partial charge in [0.25, 0.3) is 5.91 Å². The summed E-state index contributed by atoms with van der Waals surface area (Å²) in [5, 5.41) is 2.91. The van der Waals surface area contributed by atoms with Gasteiger partial charge in [0.05, 0.1) is 16.3 Å². The van der Waals surface area contributed by atoms with Crippen molar-refractivity contribution in [2.24, 2.45) is 0 Å². The normalized spacial score (nSPS) is 11.4. The smallest absolute Gasteiger partial charge is 0.416 e. The van der Waals surface area contributed by atoms with Crippen LogP contribution in [0.15, 0.2) is 77.2 Å². The lowest BCUT2D eigenvalue weighted by atomic mass is 10.1. The van der Waals surface area contributed by atoms with Crippen LogP contribution in [-0.4, -0.2) is 18.5 Å². The van der Waals surface area contributed by atoms with E-state index in [0.29, 0.717) is 23.0 Å². The Morgan fingerprint density at radius 2 is 1.69 bits per heavy atom. The Bertz CT molecular complexity index is 1390. The monoisotopic (exact) mass is 533 g/mol. The Labute approximate surface area is 213 Å². The number of para-hydroxylation sites is 1. The van der Waals surface area contributed by atoms with E-state index in [4.69, 9.17) is 20.8 Å². The Morgan fingerprint density at radius 1 is 0.972 bits per heavy atom. The van der Waals surface area contributed by atoms with Gasteiger partial charge >= 0.3 is 12.1 Å². The fourth-order valence-corrected chi connectivity index (χ4v) is 4.62. The topological polar surface area (TPSA) is 68.5 Å². The molecule has 36 heavy (non-hydrogen) atoms. The van der Waals surface area contributed by atoms with Crippen LogP contribution in [0.4, 0.5) is 18.9 Å². The average Bonchev–Trinajstić information content (AvgIpc) is 3.22. The highest BCUT2D eigenvalue weighted by Crippen LogP contribution is 2.34. The summed E-state index contributed by atoms with van der Waals surface area (Å²) >= 11 is 7.49. The molecule has 1 amide bonds. The fraction of sp³-hybridized carbons (Fsp3) is 0.154. The third-order valence-corrected chi connectivity index (χ3v) is 6.50. The van der Waals surface area contributed by atoms with Crippen molar-refractivity contribution in [2.45, 2.75) is 17.7 Å². The third kappa shape index (κ3) is 6.22. The number of rotatable bonds is 8. The van der Waals surface area contributed by atoms with Gasteiger partial charge in [0.2, 0.25) is 5.76 Å². The number of amides is 1. The molecular weight excluding hydrogens is 515 g/mol. The van der Waals surface area contributed by atoms with Crippen LogP contribution >= 0.6 is 23.4 Å². The zero-order chi connectivity index (χ0) is 25.7. The summed E-state index contributed by atoms with van der Waals surface area (Å²) < 4.78 is 49.7. The largest absolute Gasteiger partial charge is 0.450 e. The quantitative estimate of drug-likeness (QED) is 0.240. The standard InChI is InChI=1S/C26H19ClF3NO4S/c27-20-11-10-17(26(28,29)30)12-21(20)31-23(32)13-34-25(33)24-19(18-8-4-5-9-22(18)35-24)15-36-14-16-6-2-1-3-7-16/h1-12H,13-15H2,(H,31,32). The van der Waals surface area contributed by atoms with Crippen LogP contribution in [-0.2, 0) is 27.2 Å². The van der Waals surface area contributed by atoms with Gasteiger partial charge in [0.15, 0.2) is 6.61 Å². The van der Waals surface area contributed by atoms with E-state index in [-0.39, 0.29) is 16.5 Å². The predicted octanol–water partition coefficient (Wildman–Crippen LogP) is 7.33. The molecule has 0 saturated carbocycles. The minimum Gasteiger partial charge on any atom is -0.450 e. The first kappa shape index (κ1) is 25.7. The first-order valence-corrected chi connectivity index (χ1v) is 12.2. The van der Waals surface area contributed by atoms with Gasteiger partial charge in [-0.25, -0.2) is 4.79 Å². The molecule has 1 heterocycles. The van der Waals surface area contributed by atoms with Gasteiger partial charge in [-0.05, 0) is 29.8 Å². The zero-order valence-electron chi connectivity index (χ0n) is 18.6. The van der Waals surface area contributed by atoms with E-state index in [1.807, 2.05) is 42.5 Å². The zero-order valence-corrected chi connectivity index (χ0v) is 20.2. The maximum absolute atomic E-state index is 13.0. The van der Waals surface area contributed by atoms with Gasteiger partial charge < -0.3 is 14.5 Å². The van der Waals surface area contributed by atoms with Crippen molar-refractivity contribution in [3.63, 3.8) is 0 Å². The van der Waals surface area contributed by atoms with E-state index in [2.05, 4.69) is 5.32 Å². The SMILES string of the molecule is O=C(COC(=O)c1oc2ccccc2c1CSCc1ccccc1)Nc1cc(C(F)(F)F)ccc1Cl. The van der Waals surface area contributed by atoms with Crippen LogP contribution in [0.5, 0.6) is 0 Å². The fourth-order valence-electron chi connectivity index (χ4n) is 3.43. The number of nitrogens with one attached hydrogen (secondary N) is 1. The van der Waals surface area contributed by atoms with E-state index >= 15 is 0 Å². The number of furan rings is 1. The van der Waals surface area contributed by atoms with E-state index in [0.717, 1.165) is 28.8 Å². The van der Waals surface area contributed by atoms with Crippen LogP contribution < -0.4 is 5.32 Å². The van der Waals surface area contributed by atoms with Gasteiger partial charge in [0.1, 0.15) is 5.58 Å². The number of alkyl halides is 3. The molecule has 1 aromatic heterocycles. The van der Waals surface area contributed by atoms with Gasteiger partial charge in [-0.1, -0.05) is 60.1 Å². The van der Waals surface area contributed by atoms with Crippen molar-refractivity contribution in [1.29, 1.82) is 0 Å². The highest BCUT2D eigenvalue weighted by Gasteiger charge is 2.31. The Hall–Kier alpha value is -3.43. The summed E-state index contributed by atoms with van der Waals surface area (Å²) in [6.07, 6.45) is -4.60. The highest BCUT2D eigenvalue weighted by molar-refractivity contribution is 7.97. The average molecular weight is 534 g/mol. The number of benzene rings is 3. The maximum atomic E-state index is 13.0. The summed E-state index contributed by atoms with van der Waals surface area (Å²) in [4.78, 5) is 25.1. The van der Waals surface area contributed by atoms with Crippen molar-refractivity contribution in [3.05, 3.63) is 100 Å². The second-order valence-corrected chi connectivity index (χ2v) is 9.09. The van der Waals surface area contributed by atoms with Gasteiger partial charge in [0, 0.05) is 22.5 Å². The number of carbonyl (C=O) groups is 2. The summed E-state index contributed by atoms with van der Waals surface area (Å²) in [7, 11) is 0. The molecule has 0 aliphatic rings. The molecule has 3 aromatic carbocycles. The molecule has 1 N–H and O–H groups in total. The molecule has 0 fully saturated rings. The summed E-state index contributed by atoms with van der Waals surface area (Å²) in [6, 6.07) is 19.5. The van der Waals surface area contributed by atoms with E-state index in [9.17, 15) is 22.8 Å². The molecule has 0 aliphatic carbocycles. The Balaban J connectivity index is 1.44. The van der Waals surface area contributed by atoms with Gasteiger partial charge in [-0.3, -0.25) is 4.79 Å². The van der Waals surface area contributed by atoms with Crippen molar-refractivity contribution in [1.82, 2.24) is 0 Å². The Morgan fingerprint density at radius 3 is 2.44 bits per heavy atom. The number of halogens is 4. The predicted molar refractivity (Wildman–Crippen MR) is 133 cm³/mol. The number of anilines is 1. The second kappa shape index (κ2) is 11.1. The van der Waals surface area contributed by atoms with Crippen LogP contribution in [0.25, 0.3) is 11.0 Å². The summed E-state index contributed by atoms with van der Waals surface area (Å²) in [6.45, 7) is -0.737. The lowest BCUT2D eigenvalue weighted by molar-refractivity contribution is -0.137. The van der Waals surface area contributed by atoms with Gasteiger partial charge in [-0.15, -0.1) is 0 Å². The molecule has 0 radical (unpaired) electrons. The van der Waals surface area contributed by atoms with Crippen molar-refractivity contribution in [3.8, 4) is 0 Å². The third-order valence-electron chi connectivity index (χ3n) is 5.14. The summed E-state index contributed by atoms with van der Waals surface area (Å²) in [5.74, 6) is -0.550. The highest BCUT2D eigenvalue weighted by atomic mass is 35.5. The molecule has 0 bridgehead atoms. The lowest BCUT2D eigenvalue weighted by Gasteiger charge is -2.11. The van der Waals surface area contributed by atoms with Crippen LogP contribution in [0.1, 0.15) is 27.2 Å². The first-order chi connectivity index (χ1) is 17.2. The van der Waals surface area contributed by atoms with Crippen molar-refractivity contribution >= 4 is 51.9 Å². The number of fused-ring (bicyclic) bond motifs is 1. The minimum absolute atomic E-state index is 0.0262. The number of carbonyl (C=O) groups excluding carboxylic acids is 2. The number of thioether (sulfide) groups is 1. The summed E-state index contributed by atoms with van der Waals surface area (Å²) in [5.41, 5.74) is 1.05. The molecule has 186 valence electrons. The minimum atomic E-state index is -4.60. The van der Waals surface area contributed by atoms with Crippen molar-refractivity contribution in [2.75, 3.05) is 11.9 Å². The molecule has 5 nitrogen and oxygen atoms in total. The molecule has 0 spiro atoms. The molecule has 0 atom stereocenters. The van der Waals surface area contributed by atoms with E-state index in [1.165, 1.54) is 0 Å². The molecule has 0 unspecified atom stereocenters. The number of esters is 1. The molecule has 0 aliphatic heterocycles. The number of hydrogen-bond donors (Lipinski definition) is 1. The van der Waals surface area contributed by atoms with Crippen molar-refractivity contribution < 1.29 is 31.9 Å². The van der Waals surface area contributed by atoms with Crippen LogP contribution in [0.3, 0.4) is 0 Å². The van der Waals surface area contributed by atoms with Gasteiger partial charge in [-0.2, -0.15) is 24.9 Å². The van der Waals surface area contributed by atoms with Crippen LogP contribution in [0.2, 0.25) is 5.02 Å². The van der Waals surface area contributed by atoms with E-state index in [1.54, 1.807) is 23.9 Å². The second-order valence-electron chi connectivity index (χ2n) is 7.70. The molecular formula is C26H19ClF3NO4S. The first-order valence-electron chi connectivity index (χ1n) is 10.7. The lowest BCUT2D eigenvalue weighted by Crippen LogP contribution is -2.21. The Kier molecular flexibility index (Phi) is 7.91. The molecule has 10 heteroatoms. The molecule has 4 rings (SSSR count). The number of ether oxygens (including phenoxy) is 1.